The number of hydrogen-bond donors (Lipinski definition) is 0. The summed E-state index contributed by atoms with van der Waals surface area (Å²) in [4.78, 5) is 8.49. The van der Waals surface area contributed by atoms with E-state index in [0.717, 1.165) is 11.5 Å². The van der Waals surface area contributed by atoms with Crippen molar-refractivity contribution in [1.82, 2.24) is 19.7 Å². The van der Waals surface area contributed by atoms with Gasteiger partial charge in [0.2, 0.25) is 0 Å². The molecule has 2 aromatic rings. The standard InChI is InChI=1S/C14H20N4/c1-10-13(14(3,4)5)11(2)18(17-10)9-12-15-7-6-8-16-12/h6-8H,9H2,1-5H3. The summed E-state index contributed by atoms with van der Waals surface area (Å²) in [6.07, 6.45) is 3.53. The van der Waals surface area contributed by atoms with Crippen molar-refractivity contribution in [3.63, 3.8) is 0 Å². The SMILES string of the molecule is Cc1nn(Cc2ncccn2)c(C)c1C(C)(C)C. The molecule has 0 bridgehead atoms. The van der Waals surface area contributed by atoms with E-state index in [1.807, 2.05) is 10.7 Å². The fourth-order valence-corrected chi connectivity index (χ4v) is 2.48. The highest BCUT2D eigenvalue weighted by atomic mass is 15.3. The van der Waals surface area contributed by atoms with E-state index in [-0.39, 0.29) is 5.41 Å². The van der Waals surface area contributed by atoms with E-state index >= 15 is 0 Å². The lowest BCUT2D eigenvalue weighted by Crippen LogP contribution is -2.14. The third-order valence-electron chi connectivity index (χ3n) is 3.04. The Hall–Kier alpha value is -1.71. The van der Waals surface area contributed by atoms with Crippen LogP contribution in [0.5, 0.6) is 0 Å². The van der Waals surface area contributed by atoms with Crippen molar-refractivity contribution in [1.29, 1.82) is 0 Å². The van der Waals surface area contributed by atoms with Crippen LogP contribution in [-0.4, -0.2) is 19.7 Å². The maximum atomic E-state index is 4.61. The minimum Gasteiger partial charge on any atom is -0.262 e. The first-order chi connectivity index (χ1) is 8.39. The Bertz CT molecular complexity index is 535. The zero-order valence-electron chi connectivity index (χ0n) is 11.7. The van der Waals surface area contributed by atoms with Crippen molar-refractivity contribution in [3.05, 3.63) is 41.2 Å². The van der Waals surface area contributed by atoms with Crippen LogP contribution in [0.25, 0.3) is 0 Å². The molecule has 0 amide bonds. The summed E-state index contributed by atoms with van der Waals surface area (Å²) in [7, 11) is 0. The fourth-order valence-electron chi connectivity index (χ4n) is 2.48. The molecule has 0 aliphatic heterocycles. The smallest absolute Gasteiger partial charge is 0.149 e. The number of rotatable bonds is 2. The predicted octanol–water partition coefficient (Wildman–Crippen LogP) is 2.64. The zero-order valence-corrected chi connectivity index (χ0v) is 11.7. The molecule has 0 aliphatic rings. The van der Waals surface area contributed by atoms with E-state index in [1.165, 1.54) is 11.3 Å². The van der Waals surface area contributed by atoms with Crippen LogP contribution in [0.15, 0.2) is 18.5 Å². The molecule has 0 atom stereocenters. The lowest BCUT2D eigenvalue weighted by Gasteiger charge is -2.19. The molecule has 0 aliphatic carbocycles. The van der Waals surface area contributed by atoms with Crippen molar-refractivity contribution in [2.24, 2.45) is 0 Å². The third kappa shape index (κ3) is 2.42. The Kier molecular flexibility index (Phi) is 3.20. The quantitative estimate of drug-likeness (QED) is 0.815. The van der Waals surface area contributed by atoms with Crippen molar-refractivity contribution in [2.75, 3.05) is 0 Å². The molecule has 0 saturated carbocycles. The second-order valence-electron chi connectivity index (χ2n) is 5.62. The van der Waals surface area contributed by atoms with E-state index in [4.69, 9.17) is 0 Å². The van der Waals surface area contributed by atoms with Gasteiger partial charge in [-0.15, -0.1) is 0 Å². The van der Waals surface area contributed by atoms with E-state index in [0.29, 0.717) is 6.54 Å². The molecule has 4 nitrogen and oxygen atoms in total. The van der Waals surface area contributed by atoms with Gasteiger partial charge in [-0.3, -0.25) is 4.68 Å². The number of nitrogens with zero attached hydrogens (tertiary/aromatic N) is 4. The molecule has 2 rings (SSSR count). The van der Waals surface area contributed by atoms with Gasteiger partial charge in [-0.25, -0.2) is 9.97 Å². The Morgan fingerprint density at radius 1 is 1.11 bits per heavy atom. The molecule has 0 spiro atoms. The summed E-state index contributed by atoms with van der Waals surface area (Å²) in [5.74, 6) is 0.795. The molecule has 0 fully saturated rings. The summed E-state index contributed by atoms with van der Waals surface area (Å²) < 4.78 is 1.99. The summed E-state index contributed by atoms with van der Waals surface area (Å²) in [6.45, 7) is 11.5. The van der Waals surface area contributed by atoms with Crippen LogP contribution in [0.4, 0.5) is 0 Å². The van der Waals surface area contributed by atoms with Crippen LogP contribution in [0.2, 0.25) is 0 Å². The lowest BCUT2D eigenvalue weighted by molar-refractivity contribution is 0.576. The molecule has 0 aromatic carbocycles. The zero-order chi connectivity index (χ0) is 13.3. The van der Waals surface area contributed by atoms with Gasteiger partial charge >= 0.3 is 0 Å². The Morgan fingerprint density at radius 2 is 1.72 bits per heavy atom. The molecule has 0 N–H and O–H groups in total. The molecular formula is C14H20N4. The highest BCUT2D eigenvalue weighted by Crippen LogP contribution is 2.28. The summed E-state index contributed by atoms with van der Waals surface area (Å²) >= 11 is 0. The van der Waals surface area contributed by atoms with Gasteiger partial charge in [-0.2, -0.15) is 5.10 Å². The van der Waals surface area contributed by atoms with Crippen LogP contribution in [0.1, 0.15) is 43.5 Å². The second-order valence-corrected chi connectivity index (χ2v) is 5.62. The first kappa shape index (κ1) is 12.7. The van der Waals surface area contributed by atoms with Crippen LogP contribution in [0, 0.1) is 13.8 Å². The molecular weight excluding hydrogens is 224 g/mol. The lowest BCUT2D eigenvalue weighted by atomic mass is 9.85. The molecule has 0 radical (unpaired) electrons. The minimum atomic E-state index is 0.115. The van der Waals surface area contributed by atoms with Gasteiger partial charge in [0, 0.05) is 23.7 Å². The normalized spacial score (nSPS) is 11.8. The fraction of sp³-hybridized carbons (Fsp3) is 0.500. The average Bonchev–Trinajstić information content (AvgIpc) is 2.54. The number of aromatic nitrogens is 4. The Labute approximate surface area is 108 Å². The van der Waals surface area contributed by atoms with Crippen molar-refractivity contribution in [3.8, 4) is 0 Å². The number of aryl methyl sites for hydroxylation is 1. The predicted molar refractivity (Wildman–Crippen MR) is 71.5 cm³/mol. The Morgan fingerprint density at radius 3 is 2.22 bits per heavy atom. The maximum Gasteiger partial charge on any atom is 0.149 e. The van der Waals surface area contributed by atoms with Crippen LogP contribution >= 0.6 is 0 Å². The summed E-state index contributed by atoms with van der Waals surface area (Å²) in [5.41, 5.74) is 3.73. The third-order valence-corrected chi connectivity index (χ3v) is 3.04. The van der Waals surface area contributed by atoms with Gasteiger partial charge in [0.25, 0.3) is 0 Å². The highest BCUT2D eigenvalue weighted by molar-refractivity contribution is 5.31. The van der Waals surface area contributed by atoms with Gasteiger partial charge in [0.1, 0.15) is 12.4 Å². The van der Waals surface area contributed by atoms with Crippen LogP contribution < -0.4 is 0 Å². The molecule has 4 heteroatoms. The van der Waals surface area contributed by atoms with Gasteiger partial charge in [0.15, 0.2) is 0 Å². The summed E-state index contributed by atoms with van der Waals surface area (Å²) in [5, 5.41) is 4.61. The monoisotopic (exact) mass is 244 g/mol. The van der Waals surface area contributed by atoms with Gasteiger partial charge in [0.05, 0.1) is 5.69 Å². The van der Waals surface area contributed by atoms with Crippen molar-refractivity contribution < 1.29 is 0 Å². The first-order valence-corrected chi connectivity index (χ1v) is 6.20. The first-order valence-electron chi connectivity index (χ1n) is 6.20. The highest BCUT2D eigenvalue weighted by Gasteiger charge is 2.23. The molecule has 0 saturated heterocycles. The van der Waals surface area contributed by atoms with Gasteiger partial charge in [-0.1, -0.05) is 20.8 Å². The number of hydrogen-bond acceptors (Lipinski definition) is 3. The minimum absolute atomic E-state index is 0.115. The second kappa shape index (κ2) is 4.52. The van der Waals surface area contributed by atoms with Crippen molar-refractivity contribution in [2.45, 2.75) is 46.6 Å². The molecule has 18 heavy (non-hydrogen) atoms. The van der Waals surface area contributed by atoms with Crippen LogP contribution in [-0.2, 0) is 12.0 Å². The van der Waals surface area contributed by atoms with E-state index in [9.17, 15) is 0 Å². The largest absolute Gasteiger partial charge is 0.262 e. The molecule has 2 aromatic heterocycles. The topological polar surface area (TPSA) is 43.6 Å². The van der Waals surface area contributed by atoms with Gasteiger partial charge in [-0.05, 0) is 25.3 Å². The average molecular weight is 244 g/mol. The maximum absolute atomic E-state index is 4.61. The van der Waals surface area contributed by atoms with E-state index in [2.05, 4.69) is 49.7 Å². The van der Waals surface area contributed by atoms with Gasteiger partial charge < -0.3 is 0 Å². The Balaban J connectivity index is 2.37. The molecule has 0 unspecified atom stereocenters. The molecule has 96 valence electrons. The van der Waals surface area contributed by atoms with Crippen molar-refractivity contribution >= 4 is 0 Å². The van der Waals surface area contributed by atoms with E-state index in [1.54, 1.807) is 12.4 Å². The molecule has 2 heterocycles. The van der Waals surface area contributed by atoms with E-state index < -0.39 is 0 Å². The van der Waals surface area contributed by atoms with Crippen LogP contribution in [0.3, 0.4) is 0 Å². The summed E-state index contributed by atoms with van der Waals surface area (Å²) in [6, 6.07) is 1.82.